The summed E-state index contributed by atoms with van der Waals surface area (Å²) in [5.41, 5.74) is -4.60. The van der Waals surface area contributed by atoms with Gasteiger partial charge in [-0.1, -0.05) is 65.7 Å². The topological polar surface area (TPSA) is 12.9 Å². The van der Waals surface area contributed by atoms with Crippen LogP contribution in [0.25, 0.3) is 33.3 Å². The van der Waals surface area contributed by atoms with Crippen LogP contribution in [0.15, 0.2) is 72.8 Å². The summed E-state index contributed by atoms with van der Waals surface area (Å²) in [6.07, 6.45) is -11.2. The van der Waals surface area contributed by atoms with E-state index >= 15 is 0 Å². The Morgan fingerprint density at radius 3 is 2.09 bits per heavy atom. The van der Waals surface area contributed by atoms with Crippen molar-refractivity contribution in [3.8, 4) is 22.4 Å². The van der Waals surface area contributed by atoms with Gasteiger partial charge in [-0.2, -0.15) is 26.3 Å². The van der Waals surface area contributed by atoms with E-state index in [1.807, 2.05) is 12.1 Å². The summed E-state index contributed by atoms with van der Waals surface area (Å²) in [5, 5.41) is 0.867. The van der Waals surface area contributed by atoms with Gasteiger partial charge in [-0.15, -0.1) is 23.8 Å². The molecule has 8 heteroatoms. The van der Waals surface area contributed by atoms with Gasteiger partial charge < -0.3 is 0 Å². The molecule has 0 N–H and O–H groups in total. The van der Waals surface area contributed by atoms with Gasteiger partial charge in [-0.25, -0.2) is 0 Å². The van der Waals surface area contributed by atoms with E-state index in [4.69, 9.17) is 0 Å². The van der Waals surface area contributed by atoms with E-state index in [0.717, 1.165) is 17.5 Å². The number of para-hydroxylation sites is 1. The fourth-order valence-corrected chi connectivity index (χ4v) is 4.35. The molecular formula is C24H12F6IrN-. The van der Waals surface area contributed by atoms with Crippen molar-refractivity contribution in [1.29, 1.82) is 0 Å². The first kappa shape index (κ1) is 22.5. The standard InChI is InChI=1S/C24H12F6N.Ir/c25-23(26,27)22(24(28,29)30)18-7-3-2-6-16(18)17-13-15(9-11-19(17)22)21-12-10-14-5-1-4-8-20(14)31-21;/h1-8,10-13H;/q-1;. The maximum absolute atomic E-state index is 14.1. The van der Waals surface area contributed by atoms with E-state index in [-0.39, 0.29) is 31.2 Å². The summed E-state index contributed by atoms with van der Waals surface area (Å²) in [6, 6.07) is 20.3. The molecule has 1 heterocycles. The van der Waals surface area contributed by atoms with Crippen molar-refractivity contribution >= 4 is 10.9 Å². The minimum Gasteiger partial charge on any atom is -0.296 e. The van der Waals surface area contributed by atoms with Crippen LogP contribution in [0.1, 0.15) is 11.1 Å². The summed E-state index contributed by atoms with van der Waals surface area (Å²) in [7, 11) is 0. The maximum Gasteiger partial charge on any atom is 0.403 e. The fourth-order valence-electron chi connectivity index (χ4n) is 4.35. The van der Waals surface area contributed by atoms with Gasteiger partial charge in [0.2, 0.25) is 0 Å². The number of benzene rings is 3. The average molecular weight is 621 g/mol. The third kappa shape index (κ3) is 3.00. The molecule has 165 valence electrons. The average Bonchev–Trinajstić information content (AvgIpc) is 3.04. The zero-order chi connectivity index (χ0) is 22.0. The third-order valence-electron chi connectivity index (χ3n) is 5.70. The molecule has 1 aliphatic carbocycles. The Bertz CT molecular complexity index is 1310. The predicted octanol–water partition coefficient (Wildman–Crippen LogP) is 7.09. The molecule has 1 nitrogen and oxygen atoms in total. The maximum atomic E-state index is 14.1. The van der Waals surface area contributed by atoms with Gasteiger partial charge in [0, 0.05) is 20.1 Å². The van der Waals surface area contributed by atoms with Crippen LogP contribution >= 0.6 is 0 Å². The molecule has 0 saturated heterocycles. The second-order valence-electron chi connectivity index (χ2n) is 7.35. The van der Waals surface area contributed by atoms with Crippen LogP contribution in [-0.4, -0.2) is 17.3 Å². The second-order valence-corrected chi connectivity index (χ2v) is 7.35. The smallest absolute Gasteiger partial charge is 0.296 e. The number of hydrogen-bond acceptors (Lipinski definition) is 1. The van der Waals surface area contributed by atoms with Crippen molar-refractivity contribution in [3.63, 3.8) is 0 Å². The van der Waals surface area contributed by atoms with E-state index in [9.17, 15) is 26.3 Å². The molecule has 0 unspecified atom stereocenters. The summed E-state index contributed by atoms with van der Waals surface area (Å²) in [6.45, 7) is 0. The molecule has 0 saturated carbocycles. The van der Waals surface area contributed by atoms with Crippen molar-refractivity contribution in [1.82, 2.24) is 4.98 Å². The monoisotopic (exact) mass is 621 g/mol. The SMILES string of the molecule is FC(F)(F)C1(C(F)(F)F)c2c[c-]c(-c3ccc4ccccc4n3)cc2-c2ccccc21.[Ir]. The summed E-state index contributed by atoms with van der Waals surface area (Å²) < 4.78 is 84.7. The molecule has 4 aromatic rings. The minimum atomic E-state index is -5.58. The van der Waals surface area contributed by atoms with Crippen LogP contribution in [0.5, 0.6) is 0 Å². The number of nitrogens with zero attached hydrogens (tertiary/aromatic N) is 1. The number of rotatable bonds is 1. The second kappa shape index (κ2) is 7.42. The Balaban J connectivity index is 0.00000245. The molecule has 0 atom stereocenters. The van der Waals surface area contributed by atoms with E-state index in [1.165, 1.54) is 24.3 Å². The Hall–Kier alpha value is -2.70. The van der Waals surface area contributed by atoms with Crippen LogP contribution in [0, 0.1) is 6.07 Å². The number of alkyl halides is 6. The van der Waals surface area contributed by atoms with E-state index in [2.05, 4.69) is 11.1 Å². The Labute approximate surface area is 192 Å². The van der Waals surface area contributed by atoms with E-state index in [1.54, 1.807) is 24.3 Å². The molecule has 1 aliphatic rings. The molecule has 0 fully saturated rings. The van der Waals surface area contributed by atoms with Gasteiger partial charge in [0.1, 0.15) is 0 Å². The molecule has 1 aromatic heterocycles. The Morgan fingerprint density at radius 2 is 1.38 bits per heavy atom. The van der Waals surface area contributed by atoms with Crippen molar-refractivity contribution < 1.29 is 46.4 Å². The first-order valence-electron chi connectivity index (χ1n) is 9.30. The van der Waals surface area contributed by atoms with Gasteiger partial charge in [-0.3, -0.25) is 4.98 Å². The quantitative estimate of drug-likeness (QED) is 0.164. The summed E-state index contributed by atoms with van der Waals surface area (Å²) in [4.78, 5) is 4.49. The van der Waals surface area contributed by atoms with Crippen molar-refractivity contribution in [2.45, 2.75) is 17.8 Å². The summed E-state index contributed by atoms with van der Waals surface area (Å²) in [5.74, 6) is 0. The van der Waals surface area contributed by atoms with Crippen molar-refractivity contribution in [2.24, 2.45) is 0 Å². The third-order valence-corrected chi connectivity index (χ3v) is 5.70. The molecule has 1 radical (unpaired) electrons. The molecule has 0 aliphatic heterocycles. The normalized spacial score (nSPS) is 14.6. The Morgan fingerprint density at radius 1 is 0.719 bits per heavy atom. The van der Waals surface area contributed by atoms with Crippen LogP contribution in [0.3, 0.4) is 0 Å². The minimum absolute atomic E-state index is 0. The summed E-state index contributed by atoms with van der Waals surface area (Å²) >= 11 is 0. The molecule has 3 aromatic carbocycles. The molecular weight excluding hydrogens is 608 g/mol. The van der Waals surface area contributed by atoms with Gasteiger partial charge in [0.15, 0.2) is 5.41 Å². The van der Waals surface area contributed by atoms with Crippen molar-refractivity contribution in [2.75, 3.05) is 0 Å². The van der Waals surface area contributed by atoms with Crippen LogP contribution < -0.4 is 0 Å². The molecule has 0 amide bonds. The largest absolute Gasteiger partial charge is 0.403 e. The van der Waals surface area contributed by atoms with Gasteiger partial charge in [-0.05, 0) is 28.3 Å². The van der Waals surface area contributed by atoms with Crippen molar-refractivity contribution in [3.05, 3.63) is 90.0 Å². The molecule has 32 heavy (non-hydrogen) atoms. The number of pyridine rings is 1. The Kier molecular flexibility index (Phi) is 5.22. The van der Waals surface area contributed by atoms with E-state index < -0.39 is 28.9 Å². The number of hydrogen-bond donors (Lipinski definition) is 0. The first-order valence-corrected chi connectivity index (χ1v) is 9.30. The van der Waals surface area contributed by atoms with Gasteiger partial charge in [0.25, 0.3) is 0 Å². The van der Waals surface area contributed by atoms with Crippen LogP contribution in [0.2, 0.25) is 0 Å². The fraction of sp³-hybridized carbons (Fsp3) is 0.125. The predicted molar refractivity (Wildman–Crippen MR) is 104 cm³/mol. The zero-order valence-corrected chi connectivity index (χ0v) is 18.4. The zero-order valence-electron chi connectivity index (χ0n) is 16.0. The van der Waals surface area contributed by atoms with Gasteiger partial charge in [0.05, 0.1) is 5.52 Å². The first-order chi connectivity index (χ1) is 14.6. The van der Waals surface area contributed by atoms with Crippen LogP contribution in [0.4, 0.5) is 26.3 Å². The van der Waals surface area contributed by atoms with Crippen LogP contribution in [-0.2, 0) is 25.5 Å². The number of fused-ring (bicyclic) bond motifs is 4. The molecule has 0 bridgehead atoms. The molecule has 0 spiro atoms. The number of halogens is 6. The van der Waals surface area contributed by atoms with E-state index in [0.29, 0.717) is 16.8 Å². The number of aromatic nitrogens is 1. The molecule has 5 rings (SSSR count). The van der Waals surface area contributed by atoms with Gasteiger partial charge >= 0.3 is 12.4 Å².